The van der Waals surface area contributed by atoms with Crippen molar-refractivity contribution in [3.63, 3.8) is 0 Å². The maximum atomic E-state index is 12.4. The second kappa shape index (κ2) is 5.71. The molecule has 110 valence electrons. The Kier molecular flexibility index (Phi) is 4.36. The number of carboxylic acid groups (broad SMARTS) is 1. The highest BCUT2D eigenvalue weighted by Crippen LogP contribution is 2.30. The molecule has 1 aliphatic rings. The van der Waals surface area contributed by atoms with Gasteiger partial charge in [-0.15, -0.1) is 0 Å². The summed E-state index contributed by atoms with van der Waals surface area (Å²) < 4.78 is 31.7. The molecule has 1 fully saturated rings. The van der Waals surface area contributed by atoms with Gasteiger partial charge in [-0.1, -0.05) is 0 Å². The van der Waals surface area contributed by atoms with Crippen LogP contribution in [0, 0.1) is 5.92 Å². The molecule has 1 heterocycles. The van der Waals surface area contributed by atoms with Crippen molar-refractivity contribution in [2.75, 3.05) is 20.2 Å². The summed E-state index contributed by atoms with van der Waals surface area (Å²) in [6.07, 6.45) is 0.339. The minimum Gasteiger partial charge on any atom is -0.496 e. The summed E-state index contributed by atoms with van der Waals surface area (Å²) in [6.45, 7) is 0.240. The van der Waals surface area contributed by atoms with Crippen molar-refractivity contribution < 1.29 is 23.1 Å². The largest absolute Gasteiger partial charge is 0.496 e. The fourth-order valence-electron chi connectivity index (χ4n) is 2.10. The second-order valence-corrected chi connectivity index (χ2v) is 7.28. The number of hydrogen-bond acceptors (Lipinski definition) is 4. The Bertz CT molecular complexity index is 631. The molecule has 2 rings (SSSR count). The van der Waals surface area contributed by atoms with E-state index in [2.05, 4.69) is 15.9 Å². The van der Waals surface area contributed by atoms with Gasteiger partial charge in [0.2, 0.25) is 10.0 Å². The summed E-state index contributed by atoms with van der Waals surface area (Å²) in [5.41, 5.74) is 0. The van der Waals surface area contributed by atoms with Crippen molar-refractivity contribution in [1.82, 2.24) is 4.31 Å². The van der Waals surface area contributed by atoms with E-state index in [-0.39, 0.29) is 18.0 Å². The minimum atomic E-state index is -3.67. The van der Waals surface area contributed by atoms with Crippen LogP contribution in [-0.4, -0.2) is 44.0 Å². The lowest BCUT2D eigenvalue weighted by atomic mass is 10.1. The molecule has 8 heteroatoms. The fourth-order valence-corrected chi connectivity index (χ4v) is 4.32. The molecule has 1 aromatic carbocycles. The Morgan fingerprint density at radius 1 is 1.50 bits per heavy atom. The molecule has 0 spiro atoms. The first-order valence-corrected chi connectivity index (χ1v) is 8.16. The number of aliphatic carboxylic acids is 1. The molecule has 0 aromatic heterocycles. The Labute approximate surface area is 125 Å². The van der Waals surface area contributed by atoms with Crippen LogP contribution in [0.5, 0.6) is 5.75 Å². The van der Waals surface area contributed by atoms with Crippen LogP contribution in [0.3, 0.4) is 0 Å². The van der Waals surface area contributed by atoms with E-state index in [4.69, 9.17) is 9.84 Å². The van der Waals surface area contributed by atoms with Crippen LogP contribution in [0.2, 0.25) is 0 Å². The van der Waals surface area contributed by atoms with Crippen molar-refractivity contribution in [1.29, 1.82) is 0 Å². The maximum Gasteiger partial charge on any atom is 0.307 e. The van der Waals surface area contributed by atoms with E-state index in [9.17, 15) is 13.2 Å². The molecule has 0 aliphatic carbocycles. The highest BCUT2D eigenvalue weighted by atomic mass is 79.9. The molecule has 1 N–H and O–H groups in total. The molecule has 1 atom stereocenters. The smallest absolute Gasteiger partial charge is 0.307 e. The number of ether oxygens (including phenoxy) is 1. The molecular formula is C12H14BrNO5S. The lowest BCUT2D eigenvalue weighted by Crippen LogP contribution is -2.30. The molecule has 0 radical (unpaired) electrons. The third-order valence-corrected chi connectivity index (χ3v) is 5.74. The number of carboxylic acids is 1. The molecule has 1 aromatic rings. The topological polar surface area (TPSA) is 83.9 Å². The van der Waals surface area contributed by atoms with Crippen molar-refractivity contribution in [2.24, 2.45) is 5.92 Å². The fraction of sp³-hybridized carbons (Fsp3) is 0.417. The van der Waals surface area contributed by atoms with Gasteiger partial charge in [0.05, 0.1) is 22.4 Å². The quantitative estimate of drug-likeness (QED) is 0.877. The molecular weight excluding hydrogens is 350 g/mol. The van der Waals surface area contributed by atoms with Crippen molar-refractivity contribution >= 4 is 31.9 Å². The zero-order valence-corrected chi connectivity index (χ0v) is 13.1. The standard InChI is InChI=1S/C12H14BrNO5S/c1-19-11-3-2-9(6-10(11)13)20(17,18)14-5-4-8(7-14)12(15)16/h2-3,6,8H,4-5,7H2,1H3,(H,15,16). The monoisotopic (exact) mass is 363 g/mol. The zero-order valence-electron chi connectivity index (χ0n) is 10.7. The maximum absolute atomic E-state index is 12.4. The lowest BCUT2D eigenvalue weighted by molar-refractivity contribution is -0.141. The molecule has 1 unspecified atom stereocenters. The minimum absolute atomic E-state index is 0.0152. The Morgan fingerprint density at radius 3 is 2.70 bits per heavy atom. The third kappa shape index (κ3) is 2.82. The van der Waals surface area contributed by atoms with Gasteiger partial charge >= 0.3 is 5.97 Å². The molecule has 1 saturated heterocycles. The first-order chi connectivity index (χ1) is 9.36. The van der Waals surface area contributed by atoms with Gasteiger partial charge in [-0.25, -0.2) is 8.42 Å². The van der Waals surface area contributed by atoms with E-state index < -0.39 is 21.9 Å². The number of benzene rings is 1. The van der Waals surface area contributed by atoms with Gasteiger partial charge in [-0.05, 0) is 40.5 Å². The van der Waals surface area contributed by atoms with Crippen LogP contribution >= 0.6 is 15.9 Å². The van der Waals surface area contributed by atoms with Crippen molar-refractivity contribution in [2.45, 2.75) is 11.3 Å². The van der Waals surface area contributed by atoms with E-state index in [0.717, 1.165) is 0 Å². The summed E-state index contributed by atoms with van der Waals surface area (Å²) in [5, 5.41) is 8.93. The van der Waals surface area contributed by atoms with Gasteiger partial charge in [0.1, 0.15) is 5.75 Å². The average molecular weight is 364 g/mol. The predicted octanol–water partition coefficient (Wildman–Crippen LogP) is 1.55. The number of rotatable bonds is 4. The lowest BCUT2D eigenvalue weighted by Gasteiger charge is -2.16. The van der Waals surface area contributed by atoms with E-state index in [1.807, 2.05) is 0 Å². The second-order valence-electron chi connectivity index (χ2n) is 4.48. The average Bonchev–Trinajstić information content (AvgIpc) is 2.89. The van der Waals surface area contributed by atoms with Gasteiger partial charge in [-0.2, -0.15) is 4.31 Å². The molecule has 0 saturated carbocycles. The van der Waals surface area contributed by atoms with E-state index in [1.165, 1.54) is 23.5 Å². The van der Waals surface area contributed by atoms with E-state index in [0.29, 0.717) is 16.6 Å². The number of methoxy groups -OCH3 is 1. The van der Waals surface area contributed by atoms with Crippen LogP contribution in [0.4, 0.5) is 0 Å². The highest BCUT2D eigenvalue weighted by molar-refractivity contribution is 9.10. The van der Waals surface area contributed by atoms with Gasteiger partial charge < -0.3 is 9.84 Å². The molecule has 1 aliphatic heterocycles. The van der Waals surface area contributed by atoms with Crippen LogP contribution in [0.25, 0.3) is 0 Å². The predicted molar refractivity (Wildman–Crippen MR) is 75.2 cm³/mol. The number of nitrogens with zero attached hydrogens (tertiary/aromatic N) is 1. The van der Waals surface area contributed by atoms with Gasteiger partial charge in [0, 0.05) is 13.1 Å². The summed E-state index contributed by atoms with van der Waals surface area (Å²) >= 11 is 3.24. The Hall–Kier alpha value is -1.12. The normalized spacial score (nSPS) is 20.0. The van der Waals surface area contributed by atoms with Crippen molar-refractivity contribution in [3.05, 3.63) is 22.7 Å². The summed E-state index contributed by atoms with van der Waals surface area (Å²) in [7, 11) is -2.18. The molecule has 0 bridgehead atoms. The number of hydrogen-bond donors (Lipinski definition) is 1. The van der Waals surface area contributed by atoms with Crippen molar-refractivity contribution in [3.8, 4) is 5.75 Å². The summed E-state index contributed by atoms with van der Waals surface area (Å²) in [4.78, 5) is 11.0. The van der Waals surface area contributed by atoms with Gasteiger partial charge in [-0.3, -0.25) is 4.79 Å². The van der Waals surface area contributed by atoms with Crippen LogP contribution in [0.1, 0.15) is 6.42 Å². The summed E-state index contributed by atoms with van der Waals surface area (Å²) in [5.74, 6) is -1.06. The highest BCUT2D eigenvalue weighted by Gasteiger charge is 2.35. The van der Waals surface area contributed by atoms with Crippen LogP contribution < -0.4 is 4.74 Å². The summed E-state index contributed by atoms with van der Waals surface area (Å²) in [6, 6.07) is 4.47. The molecule has 0 amide bonds. The first-order valence-electron chi connectivity index (χ1n) is 5.92. The number of carbonyl (C=O) groups is 1. The van der Waals surface area contributed by atoms with E-state index >= 15 is 0 Å². The number of sulfonamides is 1. The van der Waals surface area contributed by atoms with E-state index in [1.54, 1.807) is 6.07 Å². The molecule has 20 heavy (non-hydrogen) atoms. The SMILES string of the molecule is COc1ccc(S(=O)(=O)N2CCC(C(=O)O)C2)cc1Br. The van der Waals surface area contributed by atoms with Gasteiger partial charge in [0.25, 0.3) is 0 Å². The Balaban J connectivity index is 2.27. The molecule has 6 nitrogen and oxygen atoms in total. The Morgan fingerprint density at radius 2 is 2.20 bits per heavy atom. The first kappa shape index (κ1) is 15.3. The van der Waals surface area contributed by atoms with Crippen LogP contribution in [-0.2, 0) is 14.8 Å². The number of halogens is 1. The van der Waals surface area contributed by atoms with Gasteiger partial charge in [0.15, 0.2) is 0 Å². The zero-order chi connectivity index (χ0) is 14.9. The third-order valence-electron chi connectivity index (χ3n) is 3.26. The van der Waals surface area contributed by atoms with Crippen LogP contribution in [0.15, 0.2) is 27.6 Å².